The Morgan fingerprint density at radius 3 is 1.44 bits per heavy atom. The van der Waals surface area contributed by atoms with E-state index in [-0.39, 0.29) is 35.1 Å². The second kappa shape index (κ2) is 28.3. The number of carbonyl (C=O) groups excluding carboxylic acids is 5. The quantitative estimate of drug-likeness (QED) is 0.0640. The average Bonchev–Trinajstić information content (AvgIpc) is 3.29. The van der Waals surface area contributed by atoms with E-state index in [0.29, 0.717) is 71.8 Å². The van der Waals surface area contributed by atoms with Crippen LogP contribution in [0.2, 0.25) is 18.1 Å². The molecule has 0 radical (unpaired) electrons. The number of aromatic nitrogens is 5. The first-order valence-corrected chi connectivity index (χ1v) is 24.5. The summed E-state index contributed by atoms with van der Waals surface area (Å²) in [6.45, 7) is 13.7. The van der Waals surface area contributed by atoms with Crippen LogP contribution in [-0.4, -0.2) is 93.9 Å². The maximum atomic E-state index is 12.0. The van der Waals surface area contributed by atoms with Crippen LogP contribution in [0.3, 0.4) is 0 Å². The van der Waals surface area contributed by atoms with Crippen LogP contribution in [0.5, 0.6) is 0 Å². The molecule has 1 aliphatic rings. The lowest BCUT2D eigenvalue weighted by molar-refractivity contribution is -0.118. The molecule has 1 aliphatic heterocycles. The molecular weight excluding hydrogens is 887 g/mol. The van der Waals surface area contributed by atoms with Gasteiger partial charge in [0.2, 0.25) is 17.7 Å². The molecule has 0 saturated carbocycles. The lowest BCUT2D eigenvalue weighted by Crippen LogP contribution is -2.42. The van der Waals surface area contributed by atoms with E-state index in [0.717, 1.165) is 37.1 Å². The van der Waals surface area contributed by atoms with E-state index in [1.54, 1.807) is 61.1 Å². The van der Waals surface area contributed by atoms with Crippen molar-refractivity contribution in [2.75, 3.05) is 54.9 Å². The summed E-state index contributed by atoms with van der Waals surface area (Å²) in [6, 6.07) is 16.6. The number of nitrogens with one attached hydrogen (secondary N) is 1. The van der Waals surface area contributed by atoms with Gasteiger partial charge in [0.05, 0.1) is 29.7 Å². The van der Waals surface area contributed by atoms with Crippen molar-refractivity contribution in [3.63, 3.8) is 0 Å². The van der Waals surface area contributed by atoms with Gasteiger partial charge in [-0.1, -0.05) is 32.9 Å². The highest BCUT2D eigenvalue weighted by molar-refractivity contribution is 6.74. The van der Waals surface area contributed by atoms with Gasteiger partial charge in [0, 0.05) is 57.0 Å². The summed E-state index contributed by atoms with van der Waals surface area (Å²) in [5.74, 6) is 0.920. The van der Waals surface area contributed by atoms with Crippen molar-refractivity contribution < 1.29 is 28.4 Å². The zero-order chi connectivity index (χ0) is 50.9. The van der Waals surface area contributed by atoms with Gasteiger partial charge >= 0.3 is 0 Å². The number of hydrogen-bond donors (Lipinski definition) is 9. The van der Waals surface area contributed by atoms with Crippen molar-refractivity contribution in [3.8, 4) is 0 Å². The number of carbonyl (C=O) groups is 5. The Labute approximate surface area is 398 Å². The molecule has 17 N–H and O–H groups in total. The van der Waals surface area contributed by atoms with E-state index < -0.39 is 14.2 Å². The summed E-state index contributed by atoms with van der Waals surface area (Å²) in [5, 5.41) is 3.00. The molecule has 366 valence electrons. The molecule has 6 rings (SSSR count). The molecule has 0 spiro atoms. The highest BCUT2D eigenvalue weighted by Crippen LogP contribution is 2.36. The summed E-state index contributed by atoms with van der Waals surface area (Å²) in [7, 11) is -1.74. The van der Waals surface area contributed by atoms with Crippen molar-refractivity contribution in [1.82, 2.24) is 35.1 Å². The molecule has 1 saturated heterocycles. The van der Waals surface area contributed by atoms with Gasteiger partial charge in [-0.2, -0.15) is 0 Å². The predicted molar refractivity (Wildman–Crippen MR) is 267 cm³/mol. The molecule has 68 heavy (non-hydrogen) atoms. The van der Waals surface area contributed by atoms with E-state index >= 15 is 0 Å². The molecule has 5 aromatic heterocycles. The van der Waals surface area contributed by atoms with Gasteiger partial charge < -0.3 is 60.5 Å². The number of nitrogens with zero attached hydrogens (tertiary/aromatic N) is 6. The third-order valence-electron chi connectivity index (χ3n) is 10.2. The van der Waals surface area contributed by atoms with E-state index in [1.807, 2.05) is 11.0 Å². The number of rotatable bonds is 12. The molecule has 22 heteroatoms. The Morgan fingerprint density at radius 1 is 0.603 bits per heavy atom. The molecular formula is C46H67N15O6Si. The number of aryl methyl sites for hydroxylation is 1. The summed E-state index contributed by atoms with van der Waals surface area (Å²) >= 11 is 0. The van der Waals surface area contributed by atoms with E-state index in [1.165, 1.54) is 30.9 Å². The number of anilines is 5. The Bertz CT molecular complexity index is 2320. The number of primary amides is 3. The lowest BCUT2D eigenvalue weighted by atomic mass is 10.1. The monoisotopic (exact) mass is 954 g/mol. The standard InChI is InChI=1S/C14H25N3O2Si.C11H15N3O.C8H11N3O.C7H9N3O.C6H7N3O/c1-14(2,3)20(4,5)19-9-8-16-13(18)11-6-7-12(15)17-10-11;12-10-5-4-9(8-13-10)11(15)14-6-2-1-3-7-14;9-7-3-1-6(5-11-7)2-4-8(10)12;8-6-2-1-5(4-10-6)3-7(9)11;7-5-2-1-4(3-9-5)6(8)10/h6-7,10H,8-9H2,1-5H3,(H2,15,17)(H,16,18);4-5,8H,1-3,6-7H2,(H2,12,13);1,3,5H,2,4H2,(H2,9,11)(H2,10,12);1-2,4H,3H2,(H2,8,10)(H2,9,11);1-3H,(H2,7,9)(H2,8,10). The third-order valence-corrected chi connectivity index (χ3v) is 14.7. The van der Waals surface area contributed by atoms with Gasteiger partial charge in [0.15, 0.2) is 8.32 Å². The van der Waals surface area contributed by atoms with Crippen LogP contribution >= 0.6 is 0 Å². The minimum Gasteiger partial charge on any atom is -0.415 e. The van der Waals surface area contributed by atoms with Crippen LogP contribution < -0.4 is 51.2 Å². The van der Waals surface area contributed by atoms with Gasteiger partial charge in [0.25, 0.3) is 11.8 Å². The number of likely N-dealkylation sites (tertiary alicyclic amines) is 1. The fraction of sp³-hybridized carbons (Fsp3) is 0.348. The molecule has 0 bridgehead atoms. The van der Waals surface area contributed by atoms with Gasteiger partial charge in [0.1, 0.15) is 29.1 Å². The van der Waals surface area contributed by atoms with Crippen molar-refractivity contribution in [2.45, 2.75) is 77.4 Å². The predicted octanol–water partition coefficient (Wildman–Crippen LogP) is 3.24. The Kier molecular flexibility index (Phi) is 23.5. The Morgan fingerprint density at radius 2 is 1.04 bits per heavy atom. The summed E-state index contributed by atoms with van der Waals surface area (Å²) in [6.07, 6.45) is 12.2. The van der Waals surface area contributed by atoms with Crippen LogP contribution in [0.1, 0.15) is 88.7 Å². The van der Waals surface area contributed by atoms with Crippen LogP contribution in [0.25, 0.3) is 0 Å². The van der Waals surface area contributed by atoms with Crippen molar-refractivity contribution in [1.29, 1.82) is 0 Å². The van der Waals surface area contributed by atoms with Crippen LogP contribution in [0.15, 0.2) is 91.6 Å². The van der Waals surface area contributed by atoms with Crippen molar-refractivity contribution in [3.05, 3.63) is 119 Å². The highest BCUT2D eigenvalue weighted by atomic mass is 28.4. The van der Waals surface area contributed by atoms with Gasteiger partial charge in [-0.15, -0.1) is 0 Å². The van der Waals surface area contributed by atoms with E-state index in [9.17, 15) is 24.0 Å². The first-order valence-electron chi connectivity index (χ1n) is 21.6. The number of amides is 5. The maximum absolute atomic E-state index is 12.0. The van der Waals surface area contributed by atoms with Crippen molar-refractivity contribution >= 4 is 66.9 Å². The first-order chi connectivity index (χ1) is 32.0. The maximum Gasteiger partial charge on any atom is 0.255 e. The van der Waals surface area contributed by atoms with Gasteiger partial charge in [-0.25, -0.2) is 24.9 Å². The number of nitrogens with two attached hydrogens (primary N) is 8. The van der Waals surface area contributed by atoms with Crippen LogP contribution in [-0.2, 0) is 26.9 Å². The van der Waals surface area contributed by atoms with Gasteiger partial charge in [-0.05, 0) is 103 Å². The number of hydrogen-bond acceptors (Lipinski definition) is 16. The number of nitrogen functional groups attached to an aromatic ring is 5. The summed E-state index contributed by atoms with van der Waals surface area (Å²) in [4.78, 5) is 76.2. The molecule has 0 unspecified atom stereocenters. The fourth-order valence-electron chi connectivity index (χ4n) is 5.28. The minimum absolute atomic E-state index is 0.0715. The SMILES string of the molecule is CC(C)(C)[Si](C)(C)OCCNC(=O)c1ccc(N)nc1.NC(=O)CCc1ccc(N)nc1.NC(=O)Cc1ccc(N)nc1.NC(=O)c1ccc(N)nc1.Nc1ccc(C(=O)N2CCCCC2)cn1. The van der Waals surface area contributed by atoms with E-state index in [4.69, 9.17) is 50.3 Å². The number of piperidine rings is 1. The summed E-state index contributed by atoms with van der Waals surface area (Å²) < 4.78 is 5.99. The second-order valence-corrected chi connectivity index (χ2v) is 21.6. The zero-order valence-corrected chi connectivity index (χ0v) is 40.5. The van der Waals surface area contributed by atoms with Crippen LogP contribution in [0, 0.1) is 0 Å². The normalized spacial score (nSPS) is 11.8. The number of pyridine rings is 5. The van der Waals surface area contributed by atoms with Crippen molar-refractivity contribution in [2.24, 2.45) is 17.2 Å². The molecule has 5 amide bonds. The van der Waals surface area contributed by atoms with Crippen LogP contribution in [0.4, 0.5) is 29.1 Å². The molecule has 0 atom stereocenters. The molecule has 5 aromatic rings. The van der Waals surface area contributed by atoms with E-state index in [2.05, 4.69) is 64.1 Å². The topological polar surface area (TPSA) is 382 Å². The zero-order valence-electron chi connectivity index (χ0n) is 39.5. The first kappa shape index (κ1) is 56.4. The third kappa shape index (κ3) is 22.5. The van der Waals surface area contributed by atoms with Gasteiger partial charge in [-0.3, -0.25) is 24.0 Å². The molecule has 1 fully saturated rings. The largest absolute Gasteiger partial charge is 0.415 e. The Balaban J connectivity index is 0.000000299. The fourth-order valence-corrected chi connectivity index (χ4v) is 6.33. The molecule has 21 nitrogen and oxygen atoms in total. The Hall–Kier alpha value is -7.72. The molecule has 0 aromatic carbocycles. The molecule has 6 heterocycles. The highest BCUT2D eigenvalue weighted by Gasteiger charge is 2.36. The second-order valence-electron chi connectivity index (χ2n) is 16.8. The minimum atomic E-state index is -1.74. The average molecular weight is 954 g/mol. The molecule has 0 aliphatic carbocycles. The smallest absolute Gasteiger partial charge is 0.255 e. The summed E-state index contributed by atoms with van der Waals surface area (Å²) in [5.41, 5.74) is 45.1. The lowest BCUT2D eigenvalue weighted by Gasteiger charge is -2.36.